The van der Waals surface area contributed by atoms with Gasteiger partial charge in [-0.2, -0.15) is 0 Å². The fraction of sp³-hybridized carbons (Fsp3) is 1.00. The molecule has 10 heavy (non-hydrogen) atoms. The van der Waals surface area contributed by atoms with E-state index >= 15 is 0 Å². The Labute approximate surface area is 61.6 Å². The summed E-state index contributed by atoms with van der Waals surface area (Å²) in [5.41, 5.74) is -1.07. The molecule has 60 valence electrons. The van der Waals surface area contributed by atoms with E-state index in [-0.39, 0.29) is 12.0 Å². The third kappa shape index (κ3) is 1.05. The van der Waals surface area contributed by atoms with E-state index in [1.807, 2.05) is 20.8 Å². The summed E-state index contributed by atoms with van der Waals surface area (Å²) in [4.78, 5) is 0. The molecule has 1 saturated heterocycles. The van der Waals surface area contributed by atoms with Gasteiger partial charge in [-0.15, -0.1) is 0 Å². The maximum atomic E-state index is 13.7. The maximum Gasteiger partial charge on any atom is 0.141 e. The van der Waals surface area contributed by atoms with Gasteiger partial charge in [0, 0.05) is 6.42 Å². The highest BCUT2D eigenvalue weighted by atomic mass is 19.1. The van der Waals surface area contributed by atoms with Gasteiger partial charge < -0.3 is 4.74 Å². The Balaban J connectivity index is 2.66. The first-order valence-corrected chi connectivity index (χ1v) is 3.88. The highest BCUT2D eigenvalue weighted by Crippen LogP contribution is 2.36. The lowest BCUT2D eigenvalue weighted by Gasteiger charge is -2.26. The average molecular weight is 146 g/mol. The van der Waals surface area contributed by atoms with Crippen molar-refractivity contribution < 1.29 is 9.13 Å². The fourth-order valence-electron chi connectivity index (χ4n) is 1.49. The van der Waals surface area contributed by atoms with E-state index in [0.717, 1.165) is 0 Å². The summed E-state index contributed by atoms with van der Waals surface area (Å²) in [7, 11) is 0. The summed E-state index contributed by atoms with van der Waals surface area (Å²) < 4.78 is 18.9. The summed E-state index contributed by atoms with van der Waals surface area (Å²) in [5.74, 6) is 0.0741. The molecule has 1 aliphatic heterocycles. The number of hydrogen-bond donors (Lipinski definition) is 0. The summed E-state index contributed by atoms with van der Waals surface area (Å²) in [6, 6.07) is 0. The van der Waals surface area contributed by atoms with Crippen molar-refractivity contribution in [1.29, 1.82) is 0 Å². The molecule has 0 aromatic heterocycles. The van der Waals surface area contributed by atoms with E-state index < -0.39 is 5.67 Å². The van der Waals surface area contributed by atoms with Crippen molar-refractivity contribution in [1.82, 2.24) is 0 Å². The van der Waals surface area contributed by atoms with Crippen LogP contribution in [0.2, 0.25) is 0 Å². The van der Waals surface area contributed by atoms with Crippen LogP contribution in [0.25, 0.3) is 0 Å². The minimum Gasteiger partial charge on any atom is -0.375 e. The van der Waals surface area contributed by atoms with Crippen molar-refractivity contribution in [2.75, 3.05) is 6.61 Å². The summed E-state index contributed by atoms with van der Waals surface area (Å²) in [6.45, 7) is 6.21. The number of alkyl halides is 1. The fourth-order valence-corrected chi connectivity index (χ4v) is 1.49. The topological polar surface area (TPSA) is 9.23 Å². The molecule has 1 rings (SSSR count). The molecule has 0 aliphatic carbocycles. The van der Waals surface area contributed by atoms with Gasteiger partial charge in [0.2, 0.25) is 0 Å². The van der Waals surface area contributed by atoms with Gasteiger partial charge in [-0.1, -0.05) is 13.8 Å². The highest BCUT2D eigenvalue weighted by Gasteiger charge is 2.44. The maximum absolute atomic E-state index is 13.7. The van der Waals surface area contributed by atoms with E-state index in [4.69, 9.17) is 4.74 Å². The molecule has 1 heterocycles. The van der Waals surface area contributed by atoms with Crippen molar-refractivity contribution in [2.45, 2.75) is 39.0 Å². The molecular formula is C8H15FO. The lowest BCUT2D eigenvalue weighted by atomic mass is 9.87. The second-order valence-electron chi connectivity index (χ2n) is 3.34. The molecule has 0 aromatic rings. The van der Waals surface area contributed by atoms with E-state index in [0.29, 0.717) is 13.0 Å². The molecule has 1 aliphatic rings. The van der Waals surface area contributed by atoms with Crippen molar-refractivity contribution >= 4 is 0 Å². The highest BCUT2D eigenvalue weighted by molar-refractivity contribution is 4.92. The van der Waals surface area contributed by atoms with Crippen molar-refractivity contribution in [3.05, 3.63) is 0 Å². The van der Waals surface area contributed by atoms with Gasteiger partial charge in [0.15, 0.2) is 0 Å². The third-order valence-corrected chi connectivity index (χ3v) is 2.49. The van der Waals surface area contributed by atoms with E-state index in [1.165, 1.54) is 0 Å². The van der Waals surface area contributed by atoms with Crippen LogP contribution in [-0.2, 0) is 4.74 Å². The number of halogens is 1. The Bertz CT molecular complexity index is 124. The van der Waals surface area contributed by atoms with Crippen LogP contribution in [0.3, 0.4) is 0 Å². The van der Waals surface area contributed by atoms with Gasteiger partial charge in [-0.3, -0.25) is 0 Å². The molecule has 2 heteroatoms. The van der Waals surface area contributed by atoms with E-state index in [1.54, 1.807) is 0 Å². The van der Waals surface area contributed by atoms with Crippen molar-refractivity contribution in [3.8, 4) is 0 Å². The molecule has 2 unspecified atom stereocenters. The lowest BCUT2D eigenvalue weighted by molar-refractivity contribution is 0.00716. The molecule has 1 fully saturated rings. The Morgan fingerprint density at radius 2 is 2.20 bits per heavy atom. The Kier molecular flexibility index (Phi) is 1.99. The Hall–Kier alpha value is -0.110. The SMILES string of the molecule is CC(C)C1(F)CCOC1C. The van der Waals surface area contributed by atoms with Crippen LogP contribution >= 0.6 is 0 Å². The first-order valence-electron chi connectivity index (χ1n) is 3.88. The van der Waals surface area contributed by atoms with Gasteiger partial charge in [-0.25, -0.2) is 4.39 Å². The van der Waals surface area contributed by atoms with E-state index in [9.17, 15) is 4.39 Å². The van der Waals surface area contributed by atoms with Crippen LogP contribution in [0, 0.1) is 5.92 Å². The quantitative estimate of drug-likeness (QED) is 0.550. The van der Waals surface area contributed by atoms with Crippen LogP contribution in [-0.4, -0.2) is 18.4 Å². The van der Waals surface area contributed by atoms with Gasteiger partial charge in [0.05, 0.1) is 12.7 Å². The largest absolute Gasteiger partial charge is 0.375 e. The molecule has 0 saturated carbocycles. The van der Waals surface area contributed by atoms with Gasteiger partial charge >= 0.3 is 0 Å². The monoisotopic (exact) mass is 146 g/mol. The minimum absolute atomic E-state index is 0.0741. The predicted molar refractivity (Wildman–Crippen MR) is 38.7 cm³/mol. The normalized spacial score (nSPS) is 41.1. The molecule has 0 aromatic carbocycles. The molecule has 0 amide bonds. The Morgan fingerprint density at radius 3 is 2.40 bits per heavy atom. The first kappa shape index (κ1) is 7.99. The van der Waals surface area contributed by atoms with Gasteiger partial charge in [0.25, 0.3) is 0 Å². The van der Waals surface area contributed by atoms with Crippen LogP contribution in [0.5, 0.6) is 0 Å². The molecule has 1 nitrogen and oxygen atoms in total. The number of rotatable bonds is 1. The van der Waals surface area contributed by atoms with Crippen LogP contribution in [0.15, 0.2) is 0 Å². The molecule has 0 N–H and O–H groups in total. The summed E-state index contributed by atoms with van der Waals surface area (Å²) in [6.07, 6.45) is 0.346. The Morgan fingerprint density at radius 1 is 1.60 bits per heavy atom. The second-order valence-corrected chi connectivity index (χ2v) is 3.34. The summed E-state index contributed by atoms with van der Waals surface area (Å²) >= 11 is 0. The number of hydrogen-bond acceptors (Lipinski definition) is 1. The zero-order chi connectivity index (χ0) is 7.78. The van der Waals surface area contributed by atoms with Crippen molar-refractivity contribution in [3.63, 3.8) is 0 Å². The van der Waals surface area contributed by atoms with E-state index in [2.05, 4.69) is 0 Å². The molecular weight excluding hydrogens is 131 g/mol. The summed E-state index contributed by atoms with van der Waals surface area (Å²) in [5, 5.41) is 0. The molecule has 0 radical (unpaired) electrons. The van der Waals surface area contributed by atoms with Crippen LogP contribution in [0.4, 0.5) is 4.39 Å². The first-order chi connectivity index (χ1) is 4.57. The van der Waals surface area contributed by atoms with Gasteiger partial charge in [0.1, 0.15) is 5.67 Å². The minimum atomic E-state index is -1.07. The molecule has 0 bridgehead atoms. The zero-order valence-corrected chi connectivity index (χ0v) is 6.86. The smallest absolute Gasteiger partial charge is 0.141 e. The van der Waals surface area contributed by atoms with Crippen molar-refractivity contribution in [2.24, 2.45) is 5.92 Å². The number of ether oxygens (including phenoxy) is 1. The molecule has 2 atom stereocenters. The zero-order valence-electron chi connectivity index (χ0n) is 6.86. The van der Waals surface area contributed by atoms with Crippen LogP contribution < -0.4 is 0 Å². The second kappa shape index (κ2) is 2.50. The van der Waals surface area contributed by atoms with Crippen LogP contribution in [0.1, 0.15) is 27.2 Å². The average Bonchev–Trinajstić information content (AvgIpc) is 2.15. The predicted octanol–water partition coefficient (Wildman–Crippen LogP) is 2.16. The standard InChI is InChI=1S/C8H15FO/c1-6(2)8(9)4-5-10-7(8)3/h6-7H,4-5H2,1-3H3. The molecule has 0 spiro atoms. The third-order valence-electron chi connectivity index (χ3n) is 2.49. The van der Waals surface area contributed by atoms with Gasteiger partial charge in [-0.05, 0) is 12.8 Å². The lowest BCUT2D eigenvalue weighted by Crippen LogP contribution is -2.36.